The minimum Gasteiger partial charge on any atom is -0.303 e. The van der Waals surface area contributed by atoms with E-state index in [0.717, 1.165) is 49.3 Å². The molecule has 0 saturated heterocycles. The molecule has 0 unspecified atom stereocenters. The molecule has 6 nitrogen and oxygen atoms in total. The zero-order valence-electron chi connectivity index (χ0n) is 24.0. The first-order chi connectivity index (χ1) is 19.9. The standard InChI is InChI=1S/C33H41FN4O2S/c1-36(29-15-5-2-6-16-29)22-11-4-12-23-37(26-28-14-13-21-33(34)35-28)24-27-25-38(32-20-10-9-19-31(27)32)41(39,40)30-17-7-3-8-18-30/h3,7-10,13-14,17-21,25,29H,2,4-6,11-12,15-16,22-24,26H2,1H3. The predicted octanol–water partition coefficient (Wildman–Crippen LogP) is 6.85. The number of fused-ring (bicyclic) bond motifs is 1. The van der Waals surface area contributed by atoms with Gasteiger partial charge in [0.2, 0.25) is 5.95 Å². The van der Waals surface area contributed by atoms with Crippen LogP contribution in [0.25, 0.3) is 10.9 Å². The Morgan fingerprint density at radius 3 is 2.37 bits per heavy atom. The second kappa shape index (κ2) is 13.7. The quantitative estimate of drug-likeness (QED) is 0.129. The first-order valence-corrected chi connectivity index (χ1v) is 16.3. The zero-order valence-corrected chi connectivity index (χ0v) is 24.8. The van der Waals surface area contributed by atoms with Crippen molar-refractivity contribution in [2.75, 3.05) is 20.1 Å². The van der Waals surface area contributed by atoms with Crippen LogP contribution < -0.4 is 0 Å². The van der Waals surface area contributed by atoms with Gasteiger partial charge in [0, 0.05) is 30.7 Å². The van der Waals surface area contributed by atoms with Gasteiger partial charge in [0.15, 0.2) is 0 Å². The van der Waals surface area contributed by atoms with E-state index in [9.17, 15) is 12.8 Å². The maximum absolute atomic E-state index is 13.9. The van der Waals surface area contributed by atoms with Crippen LogP contribution in [-0.4, -0.2) is 53.4 Å². The van der Waals surface area contributed by atoms with Crippen molar-refractivity contribution < 1.29 is 12.8 Å². The Labute approximate surface area is 243 Å². The fourth-order valence-electron chi connectivity index (χ4n) is 6.05. The maximum Gasteiger partial charge on any atom is 0.268 e. The van der Waals surface area contributed by atoms with E-state index in [-0.39, 0.29) is 4.90 Å². The molecule has 5 rings (SSSR count). The first-order valence-electron chi connectivity index (χ1n) is 14.9. The summed E-state index contributed by atoms with van der Waals surface area (Å²) in [6.07, 6.45) is 11.7. The molecular weight excluding hydrogens is 535 g/mol. The molecule has 0 spiro atoms. The van der Waals surface area contributed by atoms with Crippen molar-refractivity contribution in [2.24, 2.45) is 0 Å². The highest BCUT2D eigenvalue weighted by Gasteiger charge is 2.22. The van der Waals surface area contributed by atoms with Crippen LogP contribution in [-0.2, 0) is 23.1 Å². The number of unbranched alkanes of at least 4 members (excludes halogenated alkanes) is 2. The van der Waals surface area contributed by atoms with E-state index < -0.39 is 16.0 Å². The van der Waals surface area contributed by atoms with Crippen molar-refractivity contribution in [2.45, 2.75) is 75.4 Å². The summed E-state index contributed by atoms with van der Waals surface area (Å²) in [5, 5.41) is 0.901. The lowest BCUT2D eigenvalue weighted by Gasteiger charge is -2.31. The largest absolute Gasteiger partial charge is 0.303 e. The van der Waals surface area contributed by atoms with Crippen molar-refractivity contribution in [3.05, 3.63) is 96.2 Å². The van der Waals surface area contributed by atoms with Crippen molar-refractivity contribution in [3.8, 4) is 0 Å². The summed E-state index contributed by atoms with van der Waals surface area (Å²) in [6.45, 7) is 2.96. The van der Waals surface area contributed by atoms with Crippen LogP contribution in [0.4, 0.5) is 4.39 Å². The van der Waals surface area contributed by atoms with E-state index in [4.69, 9.17) is 0 Å². The molecule has 1 aliphatic carbocycles. The number of para-hydroxylation sites is 1. The first kappa shape index (κ1) is 29.4. The van der Waals surface area contributed by atoms with Crippen molar-refractivity contribution in [1.29, 1.82) is 0 Å². The zero-order chi connectivity index (χ0) is 28.7. The Morgan fingerprint density at radius 2 is 1.59 bits per heavy atom. The van der Waals surface area contributed by atoms with Crippen LogP contribution in [0.2, 0.25) is 0 Å². The normalized spacial score (nSPS) is 14.8. The highest BCUT2D eigenvalue weighted by Crippen LogP contribution is 2.28. The van der Waals surface area contributed by atoms with Crippen molar-refractivity contribution >= 4 is 20.9 Å². The van der Waals surface area contributed by atoms with Gasteiger partial charge >= 0.3 is 0 Å². The third-order valence-corrected chi connectivity index (χ3v) is 9.98. The van der Waals surface area contributed by atoms with Crippen LogP contribution in [0.1, 0.15) is 62.6 Å². The lowest BCUT2D eigenvalue weighted by molar-refractivity contribution is 0.186. The molecule has 2 heterocycles. The number of rotatable bonds is 13. The van der Waals surface area contributed by atoms with Gasteiger partial charge in [0.25, 0.3) is 10.0 Å². The second-order valence-corrected chi connectivity index (χ2v) is 13.1. The van der Waals surface area contributed by atoms with Crippen LogP contribution in [0, 0.1) is 5.95 Å². The summed E-state index contributed by atoms with van der Waals surface area (Å²) < 4.78 is 42.5. The number of halogens is 1. The van der Waals surface area contributed by atoms with Gasteiger partial charge in [-0.15, -0.1) is 0 Å². The van der Waals surface area contributed by atoms with E-state index in [2.05, 4.69) is 21.8 Å². The topological polar surface area (TPSA) is 58.4 Å². The molecule has 0 aliphatic heterocycles. The smallest absolute Gasteiger partial charge is 0.268 e. The SMILES string of the molecule is CN(CCCCCN(Cc1cccc(F)n1)Cc1cn(S(=O)(=O)c2ccccc2)c2ccccc12)C1CCCCC1. The molecule has 8 heteroatoms. The minimum absolute atomic E-state index is 0.256. The summed E-state index contributed by atoms with van der Waals surface area (Å²) in [6, 6.07) is 21.8. The Bertz CT molecular complexity index is 1520. The predicted molar refractivity (Wildman–Crippen MR) is 163 cm³/mol. The van der Waals surface area contributed by atoms with Crippen LogP contribution >= 0.6 is 0 Å². The number of benzene rings is 2. The molecular formula is C33H41FN4O2S. The highest BCUT2D eigenvalue weighted by atomic mass is 32.2. The highest BCUT2D eigenvalue weighted by molar-refractivity contribution is 7.90. The molecule has 1 saturated carbocycles. The molecule has 0 atom stereocenters. The molecule has 2 aromatic carbocycles. The van der Waals surface area contributed by atoms with Crippen LogP contribution in [0.5, 0.6) is 0 Å². The summed E-state index contributed by atoms with van der Waals surface area (Å²) in [5.74, 6) is -0.487. The van der Waals surface area contributed by atoms with E-state index >= 15 is 0 Å². The average molecular weight is 577 g/mol. The lowest BCUT2D eigenvalue weighted by atomic mass is 9.94. The van der Waals surface area contributed by atoms with Gasteiger partial charge in [-0.05, 0) is 81.7 Å². The van der Waals surface area contributed by atoms with Crippen molar-refractivity contribution in [3.63, 3.8) is 0 Å². The Morgan fingerprint density at radius 1 is 0.854 bits per heavy atom. The number of aromatic nitrogens is 2. The fraction of sp³-hybridized carbons (Fsp3) is 0.424. The molecule has 0 radical (unpaired) electrons. The number of nitrogens with zero attached hydrogens (tertiary/aromatic N) is 4. The lowest BCUT2D eigenvalue weighted by Crippen LogP contribution is -2.34. The van der Waals surface area contributed by atoms with Gasteiger partial charge in [0.05, 0.1) is 16.1 Å². The fourth-order valence-corrected chi connectivity index (χ4v) is 7.46. The number of hydrogen-bond acceptors (Lipinski definition) is 5. The van der Waals surface area contributed by atoms with Gasteiger partial charge < -0.3 is 4.90 Å². The Hall–Kier alpha value is -3.07. The molecule has 1 fully saturated rings. The summed E-state index contributed by atoms with van der Waals surface area (Å²) in [5.41, 5.74) is 2.25. The van der Waals surface area contributed by atoms with Crippen LogP contribution in [0.15, 0.2) is 83.9 Å². The third-order valence-electron chi connectivity index (χ3n) is 8.30. The molecule has 4 aromatic rings. The molecule has 0 amide bonds. The third kappa shape index (κ3) is 7.42. The van der Waals surface area contributed by atoms with Gasteiger partial charge in [-0.2, -0.15) is 4.39 Å². The van der Waals surface area contributed by atoms with Crippen LogP contribution in [0.3, 0.4) is 0 Å². The second-order valence-electron chi connectivity index (χ2n) is 11.3. The van der Waals surface area contributed by atoms with Gasteiger partial charge in [-0.3, -0.25) is 4.90 Å². The number of pyridine rings is 1. The van der Waals surface area contributed by atoms with E-state index in [1.54, 1.807) is 36.5 Å². The van der Waals surface area contributed by atoms with Crippen molar-refractivity contribution in [1.82, 2.24) is 18.8 Å². The van der Waals surface area contributed by atoms with E-state index in [1.807, 2.05) is 36.4 Å². The minimum atomic E-state index is -3.76. The molecule has 218 valence electrons. The molecule has 0 bridgehead atoms. The average Bonchev–Trinajstić information content (AvgIpc) is 3.37. The molecule has 2 aromatic heterocycles. The maximum atomic E-state index is 13.9. The van der Waals surface area contributed by atoms with Gasteiger partial charge in [-0.1, -0.05) is 68.1 Å². The molecule has 0 N–H and O–H groups in total. The Balaban J connectivity index is 1.31. The summed E-state index contributed by atoms with van der Waals surface area (Å²) in [4.78, 5) is 9.16. The summed E-state index contributed by atoms with van der Waals surface area (Å²) >= 11 is 0. The van der Waals surface area contributed by atoms with Gasteiger partial charge in [0.1, 0.15) is 0 Å². The molecule has 1 aliphatic rings. The van der Waals surface area contributed by atoms with Gasteiger partial charge in [-0.25, -0.2) is 17.4 Å². The molecule has 41 heavy (non-hydrogen) atoms. The summed E-state index contributed by atoms with van der Waals surface area (Å²) in [7, 11) is -1.49. The monoisotopic (exact) mass is 576 g/mol. The van der Waals surface area contributed by atoms with E-state index in [0.29, 0.717) is 24.3 Å². The van der Waals surface area contributed by atoms with E-state index in [1.165, 1.54) is 42.1 Å². The number of hydrogen-bond donors (Lipinski definition) is 0. The Kier molecular flexibility index (Phi) is 9.85.